The molecule has 0 aromatic heterocycles. The zero-order valence-electron chi connectivity index (χ0n) is 10.8. The van der Waals surface area contributed by atoms with Crippen LogP contribution in [0.5, 0.6) is 0 Å². The van der Waals surface area contributed by atoms with Crippen molar-refractivity contribution in [1.82, 2.24) is 0 Å². The fourth-order valence-electron chi connectivity index (χ4n) is 2.89. The van der Waals surface area contributed by atoms with Crippen LogP contribution in [0.2, 0.25) is 0 Å². The Morgan fingerprint density at radius 2 is 2.17 bits per heavy atom. The van der Waals surface area contributed by atoms with Crippen LogP contribution in [-0.4, -0.2) is 28.2 Å². The third kappa shape index (κ3) is 2.79. The maximum atomic E-state index is 12.0. The molecule has 4 heteroatoms. The van der Waals surface area contributed by atoms with E-state index in [1.165, 1.54) is 12.2 Å². The van der Waals surface area contributed by atoms with Crippen molar-refractivity contribution in [3.05, 3.63) is 11.3 Å². The molecule has 3 nitrogen and oxygen atoms in total. The standard InChI is InChI=1S/C14H20O3S/c1-2-11(15)14-12(16)6-10(7-13(14)17)9-4-3-5-18-8-9/h9-10,16H,2-8H2,1H3. The Morgan fingerprint density at radius 1 is 1.39 bits per heavy atom. The molecule has 0 bridgehead atoms. The van der Waals surface area contributed by atoms with E-state index < -0.39 is 0 Å². The first-order valence-electron chi connectivity index (χ1n) is 6.69. The number of hydrogen-bond acceptors (Lipinski definition) is 4. The topological polar surface area (TPSA) is 54.4 Å². The van der Waals surface area contributed by atoms with Crippen molar-refractivity contribution in [2.75, 3.05) is 11.5 Å². The molecule has 2 aliphatic rings. The summed E-state index contributed by atoms with van der Waals surface area (Å²) in [5, 5.41) is 9.97. The minimum Gasteiger partial charge on any atom is -0.511 e. The molecule has 0 aromatic carbocycles. The molecule has 1 fully saturated rings. The number of ketones is 2. The molecule has 1 saturated heterocycles. The van der Waals surface area contributed by atoms with Crippen LogP contribution in [0.15, 0.2) is 11.3 Å². The summed E-state index contributed by atoms with van der Waals surface area (Å²) in [7, 11) is 0. The van der Waals surface area contributed by atoms with E-state index in [9.17, 15) is 14.7 Å². The maximum absolute atomic E-state index is 12.0. The summed E-state index contributed by atoms with van der Waals surface area (Å²) in [6.07, 6.45) is 3.59. The Hall–Kier alpha value is -0.770. The summed E-state index contributed by atoms with van der Waals surface area (Å²) in [4.78, 5) is 23.6. The van der Waals surface area contributed by atoms with Gasteiger partial charge in [-0.25, -0.2) is 0 Å². The minimum atomic E-state index is -0.214. The number of carbonyl (C=O) groups excluding carboxylic acids is 2. The normalized spacial score (nSPS) is 29.5. The molecule has 0 amide bonds. The van der Waals surface area contributed by atoms with Crippen LogP contribution in [0.3, 0.4) is 0 Å². The molecule has 1 aliphatic heterocycles. The van der Waals surface area contributed by atoms with Gasteiger partial charge in [0.2, 0.25) is 0 Å². The van der Waals surface area contributed by atoms with Crippen LogP contribution in [-0.2, 0) is 9.59 Å². The summed E-state index contributed by atoms with van der Waals surface area (Å²) >= 11 is 1.93. The van der Waals surface area contributed by atoms with E-state index in [1.807, 2.05) is 11.8 Å². The fourth-order valence-corrected chi connectivity index (χ4v) is 4.17. The number of aliphatic hydroxyl groups is 1. The fraction of sp³-hybridized carbons (Fsp3) is 0.714. The molecular formula is C14H20O3S. The Balaban J connectivity index is 2.11. The third-order valence-electron chi connectivity index (χ3n) is 3.93. The second-order valence-corrected chi connectivity index (χ2v) is 6.32. The lowest BCUT2D eigenvalue weighted by molar-refractivity contribution is -0.123. The van der Waals surface area contributed by atoms with E-state index in [0.717, 1.165) is 12.2 Å². The highest BCUT2D eigenvalue weighted by Gasteiger charge is 2.35. The van der Waals surface area contributed by atoms with E-state index in [4.69, 9.17) is 0 Å². The molecule has 100 valence electrons. The Morgan fingerprint density at radius 3 is 2.72 bits per heavy atom. The highest BCUT2D eigenvalue weighted by atomic mass is 32.2. The summed E-state index contributed by atoms with van der Waals surface area (Å²) in [5.74, 6) is 2.73. The molecule has 2 rings (SSSR count). The van der Waals surface area contributed by atoms with Crippen LogP contribution in [0, 0.1) is 11.8 Å². The number of thioether (sulfide) groups is 1. The molecule has 2 unspecified atom stereocenters. The van der Waals surface area contributed by atoms with Gasteiger partial charge in [0.15, 0.2) is 11.6 Å². The van der Waals surface area contributed by atoms with Gasteiger partial charge >= 0.3 is 0 Å². The first-order valence-corrected chi connectivity index (χ1v) is 7.85. The lowest BCUT2D eigenvalue weighted by Gasteiger charge is -2.32. The second-order valence-electron chi connectivity index (χ2n) is 5.17. The van der Waals surface area contributed by atoms with Crippen molar-refractivity contribution in [1.29, 1.82) is 0 Å². The van der Waals surface area contributed by atoms with Crippen LogP contribution in [0.25, 0.3) is 0 Å². The SMILES string of the molecule is CCC(=O)C1=C(O)CC(C2CCCSC2)CC1=O. The predicted octanol–water partition coefficient (Wildman–Crippen LogP) is 2.90. The largest absolute Gasteiger partial charge is 0.511 e. The van der Waals surface area contributed by atoms with Gasteiger partial charge in [-0.2, -0.15) is 11.8 Å². The first-order chi connectivity index (χ1) is 8.63. The molecule has 18 heavy (non-hydrogen) atoms. The van der Waals surface area contributed by atoms with Crippen molar-refractivity contribution < 1.29 is 14.7 Å². The second kappa shape index (κ2) is 5.91. The van der Waals surface area contributed by atoms with Crippen LogP contribution in [0.1, 0.15) is 39.0 Å². The monoisotopic (exact) mass is 268 g/mol. The van der Waals surface area contributed by atoms with E-state index >= 15 is 0 Å². The molecule has 0 radical (unpaired) electrons. The molecule has 2 atom stereocenters. The van der Waals surface area contributed by atoms with Gasteiger partial charge in [0.25, 0.3) is 0 Å². The summed E-state index contributed by atoms with van der Waals surface area (Å²) in [6, 6.07) is 0. The van der Waals surface area contributed by atoms with Crippen LogP contribution < -0.4 is 0 Å². The molecule has 0 spiro atoms. The first kappa shape index (κ1) is 13.7. The van der Waals surface area contributed by atoms with E-state index in [2.05, 4.69) is 0 Å². The summed E-state index contributed by atoms with van der Waals surface area (Å²) in [6.45, 7) is 1.72. The van der Waals surface area contributed by atoms with Gasteiger partial charge < -0.3 is 5.11 Å². The van der Waals surface area contributed by atoms with Gasteiger partial charge in [0.05, 0.1) is 5.57 Å². The molecule has 1 heterocycles. The van der Waals surface area contributed by atoms with E-state index in [-0.39, 0.29) is 35.2 Å². The molecule has 0 aromatic rings. The number of rotatable bonds is 3. The van der Waals surface area contributed by atoms with Crippen molar-refractivity contribution >= 4 is 23.3 Å². The van der Waals surface area contributed by atoms with E-state index in [0.29, 0.717) is 18.8 Å². The van der Waals surface area contributed by atoms with Gasteiger partial charge in [-0.05, 0) is 36.2 Å². The van der Waals surface area contributed by atoms with E-state index in [1.54, 1.807) is 6.92 Å². The van der Waals surface area contributed by atoms with Crippen LogP contribution in [0.4, 0.5) is 0 Å². The Bertz CT molecular complexity index is 381. The number of hydrogen-bond donors (Lipinski definition) is 1. The lowest BCUT2D eigenvalue weighted by atomic mass is 9.77. The highest BCUT2D eigenvalue weighted by molar-refractivity contribution is 7.99. The summed E-state index contributed by atoms with van der Waals surface area (Å²) in [5.41, 5.74) is 0.0808. The maximum Gasteiger partial charge on any atom is 0.170 e. The Kier molecular flexibility index (Phi) is 4.49. The molecular weight excluding hydrogens is 248 g/mol. The molecule has 1 aliphatic carbocycles. The van der Waals surface area contributed by atoms with Crippen molar-refractivity contribution in [2.45, 2.75) is 39.0 Å². The predicted molar refractivity (Wildman–Crippen MR) is 72.7 cm³/mol. The average Bonchev–Trinajstić information content (AvgIpc) is 2.38. The average molecular weight is 268 g/mol. The quantitative estimate of drug-likeness (QED) is 0.800. The number of carbonyl (C=O) groups is 2. The van der Waals surface area contributed by atoms with Gasteiger partial charge in [-0.15, -0.1) is 0 Å². The minimum absolute atomic E-state index is 0.0404. The lowest BCUT2D eigenvalue weighted by Crippen LogP contribution is -2.30. The van der Waals surface area contributed by atoms with Gasteiger partial charge in [0.1, 0.15) is 5.76 Å². The van der Waals surface area contributed by atoms with Gasteiger partial charge in [-0.1, -0.05) is 6.92 Å². The van der Waals surface area contributed by atoms with Gasteiger partial charge in [-0.3, -0.25) is 9.59 Å². The highest BCUT2D eigenvalue weighted by Crippen LogP contribution is 2.37. The number of aliphatic hydroxyl groups excluding tert-OH is 1. The number of allylic oxidation sites excluding steroid dienone is 2. The summed E-state index contributed by atoms with van der Waals surface area (Å²) < 4.78 is 0. The Labute approximate surface area is 112 Å². The molecule has 1 N–H and O–H groups in total. The number of Topliss-reactive ketones (excluding diaryl/α,β-unsaturated/α-hetero) is 2. The molecule has 0 saturated carbocycles. The third-order valence-corrected chi connectivity index (χ3v) is 5.17. The zero-order valence-corrected chi connectivity index (χ0v) is 11.6. The van der Waals surface area contributed by atoms with Crippen molar-refractivity contribution in [3.63, 3.8) is 0 Å². The van der Waals surface area contributed by atoms with Crippen molar-refractivity contribution in [3.8, 4) is 0 Å². The van der Waals surface area contributed by atoms with Crippen molar-refractivity contribution in [2.24, 2.45) is 11.8 Å². The smallest absolute Gasteiger partial charge is 0.170 e. The van der Waals surface area contributed by atoms with Gasteiger partial charge in [0, 0.05) is 19.3 Å². The van der Waals surface area contributed by atoms with Crippen LogP contribution >= 0.6 is 11.8 Å². The zero-order chi connectivity index (χ0) is 13.1.